The smallest absolute Gasteiger partial charge is 0.191 e. The number of hydrogen-bond donors (Lipinski definition) is 2. The van der Waals surface area contributed by atoms with Gasteiger partial charge in [-0.2, -0.15) is 0 Å². The molecule has 1 fully saturated rings. The lowest BCUT2D eigenvalue weighted by Crippen LogP contribution is -2.45. The Morgan fingerprint density at radius 3 is 2.70 bits per heavy atom. The molecule has 1 aromatic carbocycles. The quantitative estimate of drug-likeness (QED) is 0.558. The van der Waals surface area contributed by atoms with Gasteiger partial charge < -0.3 is 15.4 Å². The maximum atomic E-state index is 5.44. The standard InChI is InChI=1S/C21H35N5O/c1-3-22-21(24-16-18(2)26-12-14-27-15-13-26)23-9-11-25-10-8-19-6-4-5-7-20(19)17-25/h4-7,18H,3,8-17H2,1-2H3,(H2,22,23,24). The van der Waals surface area contributed by atoms with Gasteiger partial charge in [-0.25, -0.2) is 0 Å². The summed E-state index contributed by atoms with van der Waals surface area (Å²) >= 11 is 0. The number of nitrogens with zero attached hydrogens (tertiary/aromatic N) is 3. The van der Waals surface area contributed by atoms with Crippen LogP contribution in [0.15, 0.2) is 29.3 Å². The fourth-order valence-corrected chi connectivity index (χ4v) is 3.78. The topological polar surface area (TPSA) is 52.1 Å². The molecule has 1 saturated heterocycles. The molecule has 0 radical (unpaired) electrons. The SMILES string of the molecule is CCNC(=NCC(C)N1CCOCC1)NCCN1CCc2ccccc2C1. The van der Waals surface area contributed by atoms with Gasteiger partial charge in [0.2, 0.25) is 0 Å². The Morgan fingerprint density at radius 1 is 1.15 bits per heavy atom. The summed E-state index contributed by atoms with van der Waals surface area (Å²) in [5.41, 5.74) is 2.98. The van der Waals surface area contributed by atoms with E-state index in [1.54, 1.807) is 0 Å². The summed E-state index contributed by atoms with van der Waals surface area (Å²) in [7, 11) is 0. The van der Waals surface area contributed by atoms with Crippen LogP contribution in [-0.2, 0) is 17.7 Å². The Hall–Kier alpha value is -1.63. The molecule has 1 unspecified atom stereocenters. The molecular weight excluding hydrogens is 338 g/mol. The van der Waals surface area contributed by atoms with Crippen LogP contribution in [-0.4, -0.2) is 80.8 Å². The molecule has 2 aliphatic rings. The van der Waals surface area contributed by atoms with E-state index < -0.39 is 0 Å². The number of guanidine groups is 1. The number of morpholine rings is 1. The maximum Gasteiger partial charge on any atom is 0.191 e. The Bertz CT molecular complexity index is 600. The van der Waals surface area contributed by atoms with Crippen LogP contribution < -0.4 is 10.6 Å². The van der Waals surface area contributed by atoms with Crippen LogP contribution >= 0.6 is 0 Å². The van der Waals surface area contributed by atoms with E-state index in [4.69, 9.17) is 9.73 Å². The maximum absolute atomic E-state index is 5.44. The van der Waals surface area contributed by atoms with E-state index in [2.05, 4.69) is 58.5 Å². The number of rotatable bonds is 7. The molecule has 0 amide bonds. The summed E-state index contributed by atoms with van der Waals surface area (Å²) in [6.45, 7) is 13.9. The van der Waals surface area contributed by atoms with Crippen LogP contribution in [0.1, 0.15) is 25.0 Å². The van der Waals surface area contributed by atoms with Gasteiger partial charge in [0, 0.05) is 51.9 Å². The molecule has 2 heterocycles. The van der Waals surface area contributed by atoms with Gasteiger partial charge in [-0.3, -0.25) is 14.8 Å². The van der Waals surface area contributed by atoms with Crippen molar-refractivity contribution in [3.8, 4) is 0 Å². The zero-order valence-electron chi connectivity index (χ0n) is 16.9. The molecule has 0 bridgehead atoms. The molecule has 2 aliphatic heterocycles. The van der Waals surface area contributed by atoms with Gasteiger partial charge in [-0.05, 0) is 31.4 Å². The summed E-state index contributed by atoms with van der Waals surface area (Å²) in [4.78, 5) is 9.78. The third-order valence-corrected chi connectivity index (χ3v) is 5.46. The molecular formula is C21H35N5O. The fraction of sp³-hybridized carbons (Fsp3) is 0.667. The number of benzene rings is 1. The average Bonchev–Trinajstić information content (AvgIpc) is 2.72. The molecule has 6 nitrogen and oxygen atoms in total. The molecule has 0 saturated carbocycles. The summed E-state index contributed by atoms with van der Waals surface area (Å²) in [5.74, 6) is 0.926. The van der Waals surface area contributed by atoms with E-state index in [1.165, 1.54) is 11.1 Å². The third kappa shape index (κ3) is 6.19. The van der Waals surface area contributed by atoms with Crippen LogP contribution in [0.3, 0.4) is 0 Å². The van der Waals surface area contributed by atoms with Crippen LogP contribution in [0.2, 0.25) is 0 Å². The van der Waals surface area contributed by atoms with Crippen LogP contribution in [0.25, 0.3) is 0 Å². The van der Waals surface area contributed by atoms with Crippen molar-refractivity contribution in [3.05, 3.63) is 35.4 Å². The number of ether oxygens (including phenoxy) is 1. The Kier molecular flexibility index (Phi) is 7.93. The lowest BCUT2D eigenvalue weighted by atomic mass is 10.00. The minimum atomic E-state index is 0.447. The van der Waals surface area contributed by atoms with Gasteiger partial charge in [-0.15, -0.1) is 0 Å². The largest absolute Gasteiger partial charge is 0.379 e. The predicted octanol–water partition coefficient (Wildman–Crippen LogP) is 1.32. The normalized spacial score (nSPS) is 20.1. The first-order valence-corrected chi connectivity index (χ1v) is 10.4. The Labute approximate surface area is 164 Å². The molecule has 0 aromatic heterocycles. The second kappa shape index (κ2) is 10.6. The number of fused-ring (bicyclic) bond motifs is 1. The second-order valence-electron chi connectivity index (χ2n) is 7.44. The van der Waals surface area contributed by atoms with E-state index in [0.717, 1.165) is 78.0 Å². The number of nitrogens with one attached hydrogen (secondary N) is 2. The lowest BCUT2D eigenvalue weighted by Gasteiger charge is -2.31. The molecule has 0 spiro atoms. The van der Waals surface area contributed by atoms with Crippen molar-refractivity contribution in [2.24, 2.45) is 4.99 Å². The molecule has 27 heavy (non-hydrogen) atoms. The van der Waals surface area contributed by atoms with Gasteiger partial charge in [0.15, 0.2) is 5.96 Å². The van der Waals surface area contributed by atoms with Gasteiger partial charge in [-0.1, -0.05) is 24.3 Å². The van der Waals surface area contributed by atoms with Crippen molar-refractivity contribution >= 4 is 5.96 Å². The highest BCUT2D eigenvalue weighted by Gasteiger charge is 2.17. The van der Waals surface area contributed by atoms with Crippen molar-refractivity contribution in [1.29, 1.82) is 0 Å². The van der Waals surface area contributed by atoms with E-state index in [0.29, 0.717) is 6.04 Å². The van der Waals surface area contributed by atoms with E-state index in [9.17, 15) is 0 Å². The Morgan fingerprint density at radius 2 is 1.93 bits per heavy atom. The third-order valence-electron chi connectivity index (χ3n) is 5.46. The van der Waals surface area contributed by atoms with Crippen LogP contribution in [0.4, 0.5) is 0 Å². The molecule has 1 atom stereocenters. The van der Waals surface area contributed by atoms with Gasteiger partial charge >= 0.3 is 0 Å². The van der Waals surface area contributed by atoms with Crippen molar-refractivity contribution in [3.63, 3.8) is 0 Å². The monoisotopic (exact) mass is 373 g/mol. The highest BCUT2D eigenvalue weighted by Crippen LogP contribution is 2.17. The number of aliphatic imine (C=N–C) groups is 1. The second-order valence-corrected chi connectivity index (χ2v) is 7.44. The minimum absolute atomic E-state index is 0.447. The van der Waals surface area contributed by atoms with Crippen LogP contribution in [0, 0.1) is 0 Å². The number of hydrogen-bond acceptors (Lipinski definition) is 4. The van der Waals surface area contributed by atoms with E-state index >= 15 is 0 Å². The first-order valence-electron chi connectivity index (χ1n) is 10.4. The zero-order valence-corrected chi connectivity index (χ0v) is 16.9. The van der Waals surface area contributed by atoms with Crippen LogP contribution in [0.5, 0.6) is 0 Å². The molecule has 0 aliphatic carbocycles. The van der Waals surface area contributed by atoms with Crippen molar-refractivity contribution in [2.75, 3.05) is 59.0 Å². The van der Waals surface area contributed by atoms with Gasteiger partial charge in [0.05, 0.1) is 19.8 Å². The fourth-order valence-electron chi connectivity index (χ4n) is 3.78. The zero-order chi connectivity index (χ0) is 18.9. The molecule has 3 rings (SSSR count). The average molecular weight is 374 g/mol. The highest BCUT2D eigenvalue weighted by atomic mass is 16.5. The van der Waals surface area contributed by atoms with Crippen molar-refractivity contribution in [1.82, 2.24) is 20.4 Å². The van der Waals surface area contributed by atoms with E-state index in [1.807, 2.05) is 0 Å². The summed E-state index contributed by atoms with van der Waals surface area (Å²) in [6, 6.07) is 9.26. The Balaban J connectivity index is 1.42. The summed E-state index contributed by atoms with van der Waals surface area (Å²) in [5, 5.41) is 6.88. The molecule has 2 N–H and O–H groups in total. The van der Waals surface area contributed by atoms with Crippen molar-refractivity contribution < 1.29 is 4.74 Å². The molecule has 1 aromatic rings. The summed E-state index contributed by atoms with van der Waals surface area (Å²) < 4.78 is 5.44. The first-order chi connectivity index (χ1) is 13.3. The summed E-state index contributed by atoms with van der Waals surface area (Å²) in [6.07, 6.45) is 1.15. The molecule has 6 heteroatoms. The minimum Gasteiger partial charge on any atom is -0.379 e. The van der Waals surface area contributed by atoms with Gasteiger partial charge in [0.1, 0.15) is 0 Å². The lowest BCUT2D eigenvalue weighted by molar-refractivity contribution is 0.0220. The highest BCUT2D eigenvalue weighted by molar-refractivity contribution is 5.79. The van der Waals surface area contributed by atoms with Gasteiger partial charge in [0.25, 0.3) is 0 Å². The molecule has 150 valence electrons. The van der Waals surface area contributed by atoms with E-state index in [-0.39, 0.29) is 0 Å². The van der Waals surface area contributed by atoms with Crippen molar-refractivity contribution in [2.45, 2.75) is 32.9 Å². The predicted molar refractivity (Wildman–Crippen MR) is 111 cm³/mol. The first kappa shape index (κ1) is 20.1.